The van der Waals surface area contributed by atoms with Crippen LogP contribution in [0.3, 0.4) is 0 Å². The molecule has 0 unspecified atom stereocenters. The average molecular weight is 290 g/mol. The first-order valence-corrected chi connectivity index (χ1v) is 7.00. The molecular weight excluding hydrogens is 272 g/mol. The Labute approximate surface area is 122 Å². The van der Waals surface area contributed by atoms with Crippen molar-refractivity contribution in [3.8, 4) is 0 Å². The van der Waals surface area contributed by atoms with Crippen LogP contribution >= 0.6 is 11.3 Å². The first-order chi connectivity index (χ1) is 9.56. The van der Waals surface area contributed by atoms with Crippen molar-refractivity contribution in [2.75, 3.05) is 43.4 Å². The Morgan fingerprint density at radius 2 is 2.00 bits per heavy atom. The number of hydrazone groups is 1. The Morgan fingerprint density at radius 1 is 1.20 bits per heavy atom. The Bertz CT molecular complexity index is 550. The van der Waals surface area contributed by atoms with Gasteiger partial charge in [0.05, 0.1) is 6.21 Å². The van der Waals surface area contributed by atoms with Crippen LogP contribution in [0.1, 0.15) is 4.88 Å². The van der Waals surface area contributed by atoms with E-state index in [-0.39, 0.29) is 0 Å². The largest absolute Gasteiger partial charge is 0.363 e. The number of anilines is 3. The summed E-state index contributed by atoms with van der Waals surface area (Å²) in [7, 11) is 7.71. The van der Waals surface area contributed by atoms with Crippen molar-refractivity contribution in [2.24, 2.45) is 5.10 Å². The highest BCUT2D eigenvalue weighted by molar-refractivity contribution is 7.11. The molecule has 0 saturated heterocycles. The summed E-state index contributed by atoms with van der Waals surface area (Å²) in [5, 5.41) is 6.21. The highest BCUT2D eigenvalue weighted by Gasteiger charge is 2.07. The van der Waals surface area contributed by atoms with Crippen LogP contribution in [0.25, 0.3) is 0 Å². The molecule has 0 radical (unpaired) electrons. The number of hydrogen-bond acceptors (Lipinski definition) is 7. The van der Waals surface area contributed by atoms with Crippen LogP contribution in [0.15, 0.2) is 28.7 Å². The summed E-state index contributed by atoms with van der Waals surface area (Å²) in [4.78, 5) is 13.7. The molecule has 2 aromatic heterocycles. The third-order valence-electron chi connectivity index (χ3n) is 2.47. The zero-order valence-electron chi connectivity index (χ0n) is 12.0. The lowest BCUT2D eigenvalue weighted by Crippen LogP contribution is -2.17. The fourth-order valence-electron chi connectivity index (χ4n) is 1.44. The van der Waals surface area contributed by atoms with Gasteiger partial charge in [-0.25, -0.2) is 0 Å². The number of rotatable bonds is 5. The molecular formula is C13H18N6S. The van der Waals surface area contributed by atoms with Gasteiger partial charge in [-0.1, -0.05) is 6.07 Å². The number of nitrogens with zero attached hydrogens (tertiary/aromatic N) is 5. The minimum absolute atomic E-state index is 0.644. The summed E-state index contributed by atoms with van der Waals surface area (Å²) in [6.45, 7) is 0. The molecule has 0 aliphatic rings. The fourth-order valence-corrected chi connectivity index (χ4v) is 2.02. The van der Waals surface area contributed by atoms with E-state index < -0.39 is 0 Å². The van der Waals surface area contributed by atoms with E-state index in [4.69, 9.17) is 0 Å². The summed E-state index contributed by atoms with van der Waals surface area (Å²) in [5.41, 5.74) is 2.95. The minimum atomic E-state index is 0.644. The molecule has 2 heterocycles. The zero-order chi connectivity index (χ0) is 14.5. The third-order valence-corrected chi connectivity index (χ3v) is 3.28. The normalized spacial score (nSPS) is 10.8. The van der Waals surface area contributed by atoms with Gasteiger partial charge >= 0.3 is 0 Å². The van der Waals surface area contributed by atoms with Gasteiger partial charge in [-0.2, -0.15) is 15.1 Å². The van der Waals surface area contributed by atoms with Crippen molar-refractivity contribution >= 4 is 35.1 Å². The Morgan fingerprint density at radius 3 is 2.60 bits per heavy atom. The van der Waals surface area contributed by atoms with Crippen molar-refractivity contribution in [3.63, 3.8) is 0 Å². The van der Waals surface area contributed by atoms with Gasteiger partial charge in [0.2, 0.25) is 5.95 Å². The Hall–Kier alpha value is -2.15. The number of hydrogen-bond donors (Lipinski definition) is 1. The lowest BCUT2D eigenvalue weighted by Gasteiger charge is -2.16. The highest BCUT2D eigenvalue weighted by atomic mass is 32.1. The predicted octanol–water partition coefficient (Wildman–Crippen LogP) is 2.12. The van der Waals surface area contributed by atoms with Crippen LogP contribution in [-0.4, -0.2) is 44.4 Å². The van der Waals surface area contributed by atoms with Gasteiger partial charge in [0.15, 0.2) is 5.82 Å². The molecule has 0 aliphatic carbocycles. The summed E-state index contributed by atoms with van der Waals surface area (Å²) in [6.07, 6.45) is 1.78. The maximum Gasteiger partial charge on any atom is 0.228 e. The average Bonchev–Trinajstić information content (AvgIpc) is 2.91. The van der Waals surface area contributed by atoms with Crippen molar-refractivity contribution in [1.29, 1.82) is 0 Å². The third kappa shape index (κ3) is 3.67. The summed E-state index contributed by atoms with van der Waals surface area (Å²) in [5.74, 6) is 2.14. The van der Waals surface area contributed by atoms with E-state index in [1.807, 2.05) is 61.6 Å². The summed E-state index contributed by atoms with van der Waals surface area (Å²) < 4.78 is 0. The maximum absolute atomic E-state index is 4.44. The van der Waals surface area contributed by atoms with Crippen LogP contribution in [0.4, 0.5) is 17.6 Å². The quantitative estimate of drug-likeness (QED) is 0.675. The zero-order valence-corrected chi connectivity index (χ0v) is 12.8. The first-order valence-electron chi connectivity index (χ1n) is 6.12. The van der Waals surface area contributed by atoms with Gasteiger partial charge in [0, 0.05) is 39.1 Å². The molecule has 0 aliphatic heterocycles. The van der Waals surface area contributed by atoms with E-state index in [1.54, 1.807) is 17.6 Å². The molecule has 0 aromatic carbocycles. The van der Waals surface area contributed by atoms with Crippen molar-refractivity contribution in [2.45, 2.75) is 0 Å². The van der Waals surface area contributed by atoms with Crippen LogP contribution in [0, 0.1) is 0 Å². The number of nitrogens with one attached hydrogen (secondary N) is 1. The molecule has 0 saturated carbocycles. The van der Waals surface area contributed by atoms with E-state index in [0.717, 1.165) is 10.7 Å². The van der Waals surface area contributed by atoms with Crippen molar-refractivity contribution in [3.05, 3.63) is 28.5 Å². The molecule has 2 aromatic rings. The van der Waals surface area contributed by atoms with Gasteiger partial charge in [0.25, 0.3) is 0 Å². The van der Waals surface area contributed by atoms with E-state index in [9.17, 15) is 0 Å². The van der Waals surface area contributed by atoms with Crippen molar-refractivity contribution < 1.29 is 0 Å². The molecule has 6 nitrogen and oxygen atoms in total. The highest BCUT2D eigenvalue weighted by Crippen LogP contribution is 2.17. The van der Waals surface area contributed by atoms with E-state index in [1.165, 1.54) is 0 Å². The van der Waals surface area contributed by atoms with E-state index >= 15 is 0 Å². The summed E-state index contributed by atoms with van der Waals surface area (Å²) >= 11 is 1.64. The molecule has 20 heavy (non-hydrogen) atoms. The SMILES string of the molecule is CN(C)c1cc(NN=Cc2cccs2)nc(N(C)C)n1. The smallest absolute Gasteiger partial charge is 0.228 e. The van der Waals surface area contributed by atoms with E-state index in [2.05, 4.69) is 20.5 Å². The monoisotopic (exact) mass is 290 g/mol. The molecule has 2 rings (SSSR count). The molecule has 0 amide bonds. The van der Waals surface area contributed by atoms with Crippen LogP contribution in [-0.2, 0) is 0 Å². The second-order valence-corrected chi connectivity index (χ2v) is 5.56. The maximum atomic E-state index is 4.44. The summed E-state index contributed by atoms with van der Waals surface area (Å²) in [6, 6.07) is 5.86. The molecule has 0 bridgehead atoms. The fraction of sp³-hybridized carbons (Fsp3) is 0.308. The van der Waals surface area contributed by atoms with Gasteiger partial charge in [-0.05, 0) is 11.4 Å². The standard InChI is InChI=1S/C13H18N6S/c1-18(2)12-8-11(15-13(16-12)19(3)4)17-14-9-10-6-5-7-20-10/h5-9H,1-4H3,(H,15,16,17). The lowest BCUT2D eigenvalue weighted by atomic mass is 10.5. The molecule has 1 N–H and O–H groups in total. The molecule has 0 spiro atoms. The molecule has 0 atom stereocenters. The van der Waals surface area contributed by atoms with Crippen LogP contribution < -0.4 is 15.2 Å². The van der Waals surface area contributed by atoms with Gasteiger partial charge in [-0.3, -0.25) is 5.43 Å². The molecule has 106 valence electrons. The van der Waals surface area contributed by atoms with Gasteiger partial charge in [0.1, 0.15) is 5.82 Å². The molecule has 0 fully saturated rings. The van der Waals surface area contributed by atoms with Crippen LogP contribution in [0.2, 0.25) is 0 Å². The number of thiophene rings is 1. The second-order valence-electron chi connectivity index (χ2n) is 4.59. The molecule has 7 heteroatoms. The minimum Gasteiger partial charge on any atom is -0.363 e. The number of aromatic nitrogens is 2. The van der Waals surface area contributed by atoms with Gasteiger partial charge in [-0.15, -0.1) is 11.3 Å². The first kappa shape index (κ1) is 14.3. The topological polar surface area (TPSA) is 56.6 Å². The second kappa shape index (κ2) is 6.33. The van der Waals surface area contributed by atoms with Gasteiger partial charge < -0.3 is 9.80 Å². The Balaban J connectivity index is 2.18. The van der Waals surface area contributed by atoms with E-state index in [0.29, 0.717) is 11.8 Å². The van der Waals surface area contributed by atoms with Crippen molar-refractivity contribution in [1.82, 2.24) is 9.97 Å². The lowest BCUT2D eigenvalue weighted by molar-refractivity contribution is 0.966. The van der Waals surface area contributed by atoms with Crippen LogP contribution in [0.5, 0.6) is 0 Å². The Kier molecular flexibility index (Phi) is 4.52. The predicted molar refractivity (Wildman–Crippen MR) is 86.2 cm³/mol.